The molecule has 16 heavy (non-hydrogen) atoms. The van der Waals surface area contributed by atoms with E-state index >= 15 is 0 Å². The average molecular weight is 221 g/mol. The fourth-order valence-electron chi connectivity index (χ4n) is 3.51. The summed E-state index contributed by atoms with van der Waals surface area (Å²) in [5.74, 6) is 1.86. The van der Waals surface area contributed by atoms with Crippen molar-refractivity contribution in [3.05, 3.63) is 12.7 Å². The van der Waals surface area contributed by atoms with E-state index in [0.717, 1.165) is 11.8 Å². The van der Waals surface area contributed by atoms with Crippen LogP contribution in [0.1, 0.15) is 47.0 Å². The highest BCUT2D eigenvalue weighted by molar-refractivity contribution is 5.21. The Balaban J connectivity index is 0.000000168. The molecule has 2 aliphatic heterocycles. The van der Waals surface area contributed by atoms with Crippen LogP contribution in [0, 0.1) is 17.3 Å². The molecule has 2 saturated heterocycles. The van der Waals surface area contributed by atoms with Crippen LogP contribution in [0.4, 0.5) is 0 Å². The second-order valence-corrected chi connectivity index (χ2v) is 7.34. The number of hydrogen-bond donors (Lipinski definition) is 0. The summed E-state index contributed by atoms with van der Waals surface area (Å²) < 4.78 is 0. The Morgan fingerprint density at radius 1 is 1.25 bits per heavy atom. The van der Waals surface area contributed by atoms with Gasteiger partial charge in [0.15, 0.2) is 0 Å². The summed E-state index contributed by atoms with van der Waals surface area (Å²) in [6.45, 7) is 15.4. The molecule has 0 aromatic heterocycles. The van der Waals surface area contributed by atoms with Gasteiger partial charge >= 0.3 is 0 Å². The van der Waals surface area contributed by atoms with Gasteiger partial charge in [-0.2, -0.15) is 0 Å². The van der Waals surface area contributed by atoms with E-state index in [1.54, 1.807) is 0 Å². The minimum absolute atomic E-state index is 0.500. The number of hydrogen-bond acceptors (Lipinski definition) is 1. The Kier molecular flexibility index (Phi) is 2.94. The van der Waals surface area contributed by atoms with Gasteiger partial charge in [0.25, 0.3) is 0 Å². The molecule has 0 N–H and O–H groups in total. The van der Waals surface area contributed by atoms with Crippen molar-refractivity contribution >= 4 is 0 Å². The first-order valence-electron chi connectivity index (χ1n) is 6.74. The van der Waals surface area contributed by atoms with Crippen LogP contribution in [0.25, 0.3) is 0 Å². The quantitative estimate of drug-likeness (QED) is 0.610. The van der Waals surface area contributed by atoms with Crippen molar-refractivity contribution in [3.63, 3.8) is 0 Å². The molecule has 0 aromatic rings. The molecule has 1 saturated carbocycles. The molecule has 3 atom stereocenters. The van der Waals surface area contributed by atoms with Crippen molar-refractivity contribution in [2.75, 3.05) is 13.1 Å². The van der Waals surface area contributed by atoms with E-state index in [9.17, 15) is 0 Å². The average Bonchev–Trinajstić information content (AvgIpc) is 2.22. The maximum absolute atomic E-state index is 3.90. The molecular weight excluding hydrogens is 194 g/mol. The van der Waals surface area contributed by atoms with Crippen molar-refractivity contribution in [1.29, 1.82) is 0 Å². The monoisotopic (exact) mass is 221 g/mol. The lowest BCUT2D eigenvalue weighted by Crippen LogP contribution is -2.66. The Hall–Kier alpha value is -0.300. The van der Waals surface area contributed by atoms with Crippen molar-refractivity contribution in [2.24, 2.45) is 17.3 Å². The van der Waals surface area contributed by atoms with Gasteiger partial charge in [-0.3, -0.25) is 4.90 Å². The van der Waals surface area contributed by atoms with E-state index in [1.807, 2.05) is 0 Å². The molecular formula is C15H27N. The van der Waals surface area contributed by atoms with E-state index in [4.69, 9.17) is 0 Å². The molecule has 2 heterocycles. The van der Waals surface area contributed by atoms with Crippen LogP contribution in [-0.4, -0.2) is 23.5 Å². The lowest BCUT2D eigenvalue weighted by atomic mass is 9.55. The second-order valence-electron chi connectivity index (χ2n) is 7.34. The molecule has 3 rings (SSSR count). The molecule has 92 valence electrons. The molecule has 3 aliphatic rings. The first kappa shape index (κ1) is 12.2. The minimum atomic E-state index is 0.500. The summed E-state index contributed by atoms with van der Waals surface area (Å²) in [6.07, 6.45) is 6.51. The van der Waals surface area contributed by atoms with E-state index in [0.29, 0.717) is 11.0 Å². The highest BCUT2D eigenvalue weighted by Crippen LogP contribution is 2.60. The Morgan fingerprint density at radius 3 is 2.31 bits per heavy atom. The highest BCUT2D eigenvalue weighted by Gasteiger charge is 2.63. The summed E-state index contributed by atoms with van der Waals surface area (Å²) in [4.78, 5) is 2.69. The Bertz CT molecular complexity index is 270. The van der Waals surface area contributed by atoms with E-state index in [-0.39, 0.29) is 0 Å². The highest BCUT2D eigenvalue weighted by atomic mass is 15.3. The van der Waals surface area contributed by atoms with Crippen LogP contribution in [-0.2, 0) is 0 Å². The van der Waals surface area contributed by atoms with Gasteiger partial charge in [0.1, 0.15) is 0 Å². The molecule has 0 bridgehead atoms. The molecule has 0 radical (unpaired) electrons. The molecule has 0 aromatic carbocycles. The summed E-state index contributed by atoms with van der Waals surface area (Å²) in [7, 11) is 0. The van der Waals surface area contributed by atoms with Gasteiger partial charge in [-0.15, -0.1) is 6.58 Å². The molecule has 3 fully saturated rings. The zero-order valence-corrected chi connectivity index (χ0v) is 11.4. The Morgan fingerprint density at radius 2 is 1.88 bits per heavy atom. The van der Waals surface area contributed by atoms with Gasteiger partial charge in [0.2, 0.25) is 0 Å². The van der Waals surface area contributed by atoms with Gasteiger partial charge in [-0.1, -0.05) is 33.8 Å². The SMILES string of the molecule is C=C[C@H]1CC23CCN2CCC13.CC(C)(C)C. The summed E-state index contributed by atoms with van der Waals surface area (Å²) in [5.41, 5.74) is 1.21. The van der Waals surface area contributed by atoms with Crippen LogP contribution in [0.2, 0.25) is 0 Å². The maximum atomic E-state index is 3.90. The zero-order chi connectivity index (χ0) is 12.0. The topological polar surface area (TPSA) is 3.24 Å². The first-order chi connectivity index (χ1) is 7.37. The van der Waals surface area contributed by atoms with Crippen molar-refractivity contribution < 1.29 is 0 Å². The first-order valence-corrected chi connectivity index (χ1v) is 6.74. The summed E-state index contributed by atoms with van der Waals surface area (Å²) >= 11 is 0. The second kappa shape index (κ2) is 3.87. The lowest BCUT2D eigenvalue weighted by Gasteiger charge is -2.61. The van der Waals surface area contributed by atoms with E-state index < -0.39 is 0 Å². The van der Waals surface area contributed by atoms with E-state index in [2.05, 4.69) is 45.2 Å². The van der Waals surface area contributed by atoms with Crippen LogP contribution < -0.4 is 0 Å². The predicted molar refractivity (Wildman–Crippen MR) is 70.5 cm³/mol. The summed E-state index contributed by atoms with van der Waals surface area (Å²) in [5, 5.41) is 0. The van der Waals surface area contributed by atoms with Crippen molar-refractivity contribution in [3.8, 4) is 0 Å². The van der Waals surface area contributed by atoms with Gasteiger partial charge in [0.05, 0.1) is 0 Å². The van der Waals surface area contributed by atoms with Crippen LogP contribution in [0.15, 0.2) is 12.7 Å². The maximum Gasteiger partial charge on any atom is 0.0261 e. The molecule has 1 heteroatoms. The fourth-order valence-corrected chi connectivity index (χ4v) is 3.51. The van der Waals surface area contributed by atoms with Gasteiger partial charge < -0.3 is 0 Å². The smallest absolute Gasteiger partial charge is 0.0261 e. The third-order valence-corrected chi connectivity index (χ3v) is 4.25. The van der Waals surface area contributed by atoms with Crippen LogP contribution in [0.3, 0.4) is 0 Å². The third kappa shape index (κ3) is 1.95. The number of allylic oxidation sites excluding steroid dienone is 1. The van der Waals surface area contributed by atoms with E-state index in [1.165, 1.54) is 32.4 Å². The van der Waals surface area contributed by atoms with Crippen molar-refractivity contribution in [2.45, 2.75) is 52.5 Å². The number of nitrogens with zero attached hydrogens (tertiary/aromatic N) is 1. The molecule has 1 aliphatic carbocycles. The molecule has 2 unspecified atom stereocenters. The normalized spacial score (nSPS) is 40.8. The fraction of sp³-hybridized carbons (Fsp3) is 0.867. The molecule has 0 amide bonds. The van der Waals surface area contributed by atoms with Gasteiger partial charge in [-0.05, 0) is 43.1 Å². The van der Waals surface area contributed by atoms with Gasteiger partial charge in [0, 0.05) is 12.1 Å². The summed E-state index contributed by atoms with van der Waals surface area (Å²) in [6, 6.07) is 0. The molecule has 1 nitrogen and oxygen atoms in total. The minimum Gasteiger partial charge on any atom is -0.297 e. The predicted octanol–water partition coefficient (Wildman–Crippen LogP) is 3.71. The van der Waals surface area contributed by atoms with Gasteiger partial charge in [-0.25, -0.2) is 0 Å². The van der Waals surface area contributed by atoms with Crippen molar-refractivity contribution in [1.82, 2.24) is 4.90 Å². The number of rotatable bonds is 1. The van der Waals surface area contributed by atoms with Crippen LogP contribution >= 0.6 is 0 Å². The molecule has 1 spiro atoms. The Labute approximate surface area is 101 Å². The zero-order valence-electron chi connectivity index (χ0n) is 11.4. The van der Waals surface area contributed by atoms with Crippen LogP contribution in [0.5, 0.6) is 0 Å². The standard InChI is InChI=1S/C10H15N.C5H12/c1-2-8-7-10-4-6-11(10)5-3-9(8)10;1-5(2,3)4/h2,8-9H,1,3-7H2;1-4H3/t8-,9?,10?;/m0./s1. The lowest BCUT2D eigenvalue weighted by molar-refractivity contribution is -0.0921. The third-order valence-electron chi connectivity index (χ3n) is 4.25. The largest absolute Gasteiger partial charge is 0.297 e.